The van der Waals surface area contributed by atoms with E-state index in [-0.39, 0.29) is 72.1 Å². The Hall–Kier alpha value is -0.621. The molecule has 14 nitrogen and oxygen atoms in total. The Morgan fingerprint density at radius 1 is 0.620 bits per heavy atom. The average molecular weight is 796 g/mol. The smallest absolute Gasteiger partial charge is 0.270 e. The number of methoxy groups -OCH3 is 1. The van der Waals surface area contributed by atoms with Gasteiger partial charge in [-0.25, -0.2) is 0 Å². The maximum Gasteiger partial charge on any atom is 0.270 e. The van der Waals surface area contributed by atoms with Gasteiger partial charge in [-0.15, -0.1) is 0 Å². The summed E-state index contributed by atoms with van der Waals surface area (Å²) in [5.41, 5.74) is 0. The van der Waals surface area contributed by atoms with E-state index in [4.69, 9.17) is 4.74 Å². The third-order valence-electron chi connectivity index (χ3n) is 13.0. The molecule has 17 heteroatoms. The molecule has 291 valence electrons. The molecule has 6 fully saturated rings. The van der Waals surface area contributed by atoms with Crippen molar-refractivity contribution in [3.63, 3.8) is 0 Å². The molecule has 0 saturated heterocycles. The molecule has 5 N–H and O–H groups in total. The van der Waals surface area contributed by atoms with Gasteiger partial charge in [0.15, 0.2) is 0 Å². The van der Waals surface area contributed by atoms with Gasteiger partial charge in [0.2, 0.25) is 0 Å². The van der Waals surface area contributed by atoms with Crippen LogP contribution in [0.3, 0.4) is 0 Å². The van der Waals surface area contributed by atoms with Crippen molar-refractivity contribution in [3.8, 4) is 0 Å². The van der Waals surface area contributed by atoms with Crippen LogP contribution in [0, 0.1) is 23.7 Å². The molecule has 6 aliphatic carbocycles. The normalized spacial score (nSPS) is 43.6. The van der Waals surface area contributed by atoms with Crippen molar-refractivity contribution in [1.82, 2.24) is 5.32 Å². The zero-order valence-electron chi connectivity index (χ0n) is 28.9. The van der Waals surface area contributed by atoms with Crippen LogP contribution in [0.2, 0.25) is 0 Å². The van der Waals surface area contributed by atoms with Crippen molar-refractivity contribution >= 4 is 20.2 Å². The number of hydrogen-bond acceptors (Lipinski definition) is 12. The molecule has 14 unspecified atom stereocenters. The van der Waals surface area contributed by atoms with Crippen LogP contribution in [0.5, 0.6) is 0 Å². The molecule has 0 spiro atoms. The Kier molecular flexibility index (Phi) is 14.0. The summed E-state index contributed by atoms with van der Waals surface area (Å²) in [6, 6.07) is -1.56. The molecule has 6 aliphatic rings. The van der Waals surface area contributed by atoms with E-state index in [1.54, 1.807) is 7.11 Å². The molecule has 14 atom stereocenters. The molecule has 0 aliphatic heterocycles. The second kappa shape index (κ2) is 17.2. The second-order valence-corrected chi connectivity index (χ2v) is 19.3. The van der Waals surface area contributed by atoms with Gasteiger partial charge < -0.3 is 20.3 Å². The molecular formula is C33H57CuN5O9S2. The maximum atomic E-state index is 12.6. The van der Waals surface area contributed by atoms with Crippen LogP contribution in [0.15, 0.2) is 20.5 Å². The fraction of sp³-hybridized carbons (Fsp3) is 1.00. The standard InChI is InChI=1S/C33H57N5O9S2.Cu/c1-47-29-18-26(28(39)17-27(29)37-35-23-11-12-24-19(14-23)6-5-9-30(24)48(41,42)43)36-38-32-31(49(44,45)46)16-20-15-22(10-13-25(20)33(32)40)34-21-7-3-2-4-8-21;/h19-34,39-40H,2-18H2,1H3,(H,41,42,43)(H,44,45,46);. The predicted octanol–water partition coefficient (Wildman–Crippen LogP) is 4.12. The van der Waals surface area contributed by atoms with Gasteiger partial charge >= 0.3 is 0 Å². The van der Waals surface area contributed by atoms with Crippen molar-refractivity contribution < 1.29 is 58.0 Å². The Balaban J connectivity index is 0.00000486. The predicted molar refractivity (Wildman–Crippen MR) is 182 cm³/mol. The summed E-state index contributed by atoms with van der Waals surface area (Å²) >= 11 is 0. The van der Waals surface area contributed by atoms with E-state index in [9.17, 15) is 36.2 Å². The van der Waals surface area contributed by atoms with Gasteiger partial charge in [0, 0.05) is 49.1 Å². The third-order valence-corrected chi connectivity index (χ3v) is 15.6. The molecule has 0 heterocycles. The fourth-order valence-electron chi connectivity index (χ4n) is 10.4. The van der Waals surface area contributed by atoms with Crippen LogP contribution in [0.4, 0.5) is 0 Å². The van der Waals surface area contributed by atoms with E-state index in [0.717, 1.165) is 44.9 Å². The van der Waals surface area contributed by atoms with Crippen molar-refractivity contribution in [2.24, 2.45) is 44.1 Å². The number of ether oxygens (including phenoxy) is 1. The van der Waals surface area contributed by atoms with Gasteiger partial charge in [-0.1, -0.05) is 32.1 Å². The topological polar surface area (TPSA) is 220 Å². The summed E-state index contributed by atoms with van der Waals surface area (Å²) in [7, 11) is -7.04. The first kappa shape index (κ1) is 40.6. The first-order valence-corrected chi connectivity index (χ1v) is 21.7. The summed E-state index contributed by atoms with van der Waals surface area (Å²) < 4.78 is 74.8. The van der Waals surface area contributed by atoms with Gasteiger partial charge in [0.25, 0.3) is 20.2 Å². The SMILES string of the molecule is COC1CC(N=NC2C(O)C3CCC(NC4CCCCC4)CC3CC2S(=O)(=O)O)C(O)CC1N=NC1CCC2C(CCCC2S(=O)(=O)O)C1.[Cu]. The van der Waals surface area contributed by atoms with Gasteiger partial charge in [-0.3, -0.25) is 9.11 Å². The minimum absolute atomic E-state index is 0. The molecule has 6 rings (SSSR count). The van der Waals surface area contributed by atoms with E-state index in [1.165, 1.54) is 19.3 Å². The average Bonchev–Trinajstić information content (AvgIpc) is 3.06. The molecular weight excluding hydrogens is 738 g/mol. The number of rotatable bonds is 9. The van der Waals surface area contributed by atoms with Crippen LogP contribution >= 0.6 is 0 Å². The number of nitrogens with one attached hydrogen (secondary N) is 1. The number of nitrogens with zero attached hydrogens (tertiary/aromatic N) is 4. The van der Waals surface area contributed by atoms with Crippen LogP contribution in [-0.2, 0) is 42.0 Å². The molecule has 50 heavy (non-hydrogen) atoms. The largest absolute Gasteiger partial charge is 0.391 e. The van der Waals surface area contributed by atoms with Crippen molar-refractivity contribution in [2.75, 3.05) is 7.11 Å². The van der Waals surface area contributed by atoms with E-state index >= 15 is 0 Å². The summed E-state index contributed by atoms with van der Waals surface area (Å²) in [5.74, 6) is -0.0769. The van der Waals surface area contributed by atoms with E-state index in [0.29, 0.717) is 31.7 Å². The number of hydrogen-bond donors (Lipinski definition) is 5. The van der Waals surface area contributed by atoms with E-state index < -0.39 is 67.2 Å². The van der Waals surface area contributed by atoms with E-state index in [2.05, 4.69) is 25.8 Å². The van der Waals surface area contributed by atoms with Gasteiger partial charge in [0.1, 0.15) is 11.3 Å². The van der Waals surface area contributed by atoms with E-state index in [1.807, 2.05) is 0 Å². The monoisotopic (exact) mass is 794 g/mol. The first-order chi connectivity index (χ1) is 23.3. The van der Waals surface area contributed by atoms with Gasteiger partial charge in [-0.05, 0) is 87.9 Å². The molecule has 0 aromatic rings. The zero-order valence-corrected chi connectivity index (χ0v) is 31.5. The molecule has 1 radical (unpaired) electrons. The van der Waals surface area contributed by atoms with Crippen LogP contribution < -0.4 is 5.32 Å². The van der Waals surface area contributed by atoms with Crippen LogP contribution in [0.1, 0.15) is 109 Å². The Morgan fingerprint density at radius 3 is 2.02 bits per heavy atom. The number of fused-ring (bicyclic) bond motifs is 2. The maximum absolute atomic E-state index is 12.6. The van der Waals surface area contributed by atoms with Gasteiger partial charge in [-0.2, -0.15) is 37.3 Å². The molecule has 0 amide bonds. The minimum Gasteiger partial charge on any atom is -0.391 e. The van der Waals surface area contributed by atoms with Crippen LogP contribution in [0.25, 0.3) is 0 Å². The first-order valence-electron chi connectivity index (χ1n) is 18.7. The summed E-state index contributed by atoms with van der Waals surface area (Å²) in [6.07, 6.45) is 10.9. The number of aliphatic hydroxyl groups is 2. The number of azo groups is 2. The number of aliphatic hydroxyl groups excluding tert-OH is 2. The van der Waals surface area contributed by atoms with Gasteiger partial charge in [0.05, 0.1) is 41.7 Å². The zero-order chi connectivity index (χ0) is 34.9. The summed E-state index contributed by atoms with van der Waals surface area (Å²) in [4.78, 5) is 0. The molecule has 6 saturated carbocycles. The Labute approximate surface area is 307 Å². The molecule has 0 aromatic carbocycles. The second-order valence-electron chi connectivity index (χ2n) is 16.0. The third kappa shape index (κ3) is 9.54. The molecule has 0 bridgehead atoms. The fourth-order valence-corrected chi connectivity index (χ4v) is 12.7. The molecule has 0 aromatic heterocycles. The van der Waals surface area contributed by atoms with Crippen molar-refractivity contribution in [1.29, 1.82) is 0 Å². The van der Waals surface area contributed by atoms with Crippen molar-refractivity contribution in [2.45, 2.75) is 174 Å². The summed E-state index contributed by atoms with van der Waals surface area (Å²) in [6.45, 7) is 0. The summed E-state index contributed by atoms with van der Waals surface area (Å²) in [5, 5.41) is 42.3. The Bertz CT molecular complexity index is 1400. The van der Waals surface area contributed by atoms with Crippen LogP contribution in [-0.4, -0.2) is 108 Å². The quantitative estimate of drug-likeness (QED) is 0.128. The van der Waals surface area contributed by atoms with Crippen molar-refractivity contribution in [3.05, 3.63) is 0 Å². The minimum atomic E-state index is -4.52. The Morgan fingerprint density at radius 2 is 1.32 bits per heavy atom.